The Morgan fingerprint density at radius 3 is 2.41 bits per heavy atom. The van der Waals surface area contributed by atoms with Crippen LogP contribution in [-0.4, -0.2) is 39.5 Å². The molecule has 0 aliphatic carbocycles. The molecule has 1 heterocycles. The van der Waals surface area contributed by atoms with Crippen LogP contribution in [0, 0.1) is 0 Å². The van der Waals surface area contributed by atoms with Crippen molar-refractivity contribution in [2.24, 2.45) is 0 Å². The summed E-state index contributed by atoms with van der Waals surface area (Å²) in [5, 5.41) is 0.521. The Kier molecular flexibility index (Phi) is 10.9. The summed E-state index contributed by atoms with van der Waals surface area (Å²) in [5.41, 5.74) is 1.11. The lowest BCUT2D eigenvalue weighted by atomic mass is 10.1. The van der Waals surface area contributed by atoms with E-state index in [2.05, 4.69) is 22.9 Å². The molecule has 0 spiro atoms. The lowest BCUT2D eigenvalue weighted by Gasteiger charge is -2.32. The molecule has 0 radical (unpaired) electrons. The summed E-state index contributed by atoms with van der Waals surface area (Å²) in [4.78, 5) is 46.0. The van der Waals surface area contributed by atoms with E-state index in [1.54, 1.807) is 22.5 Å². The van der Waals surface area contributed by atoms with Gasteiger partial charge in [0.1, 0.15) is 5.82 Å². The van der Waals surface area contributed by atoms with Crippen LogP contribution in [0.25, 0.3) is 16.6 Å². The van der Waals surface area contributed by atoms with Crippen molar-refractivity contribution in [2.75, 3.05) is 13.2 Å². The van der Waals surface area contributed by atoms with Crippen molar-refractivity contribution in [1.82, 2.24) is 14.5 Å². The first kappa shape index (κ1) is 28.6. The number of carbonyl (C=O) groups excluding carboxylic acids is 2. The molecule has 198 valence electrons. The molecule has 3 aromatic rings. The van der Waals surface area contributed by atoms with E-state index in [1.165, 1.54) is 0 Å². The number of ether oxygens (including phenoxy) is 1. The molecule has 0 saturated heterocycles. The number of halogens is 1. The minimum atomic E-state index is -0.433. The van der Waals surface area contributed by atoms with Gasteiger partial charge in [-0.05, 0) is 56.2 Å². The van der Waals surface area contributed by atoms with Gasteiger partial charge < -0.3 is 9.64 Å². The van der Waals surface area contributed by atoms with Gasteiger partial charge in [0.25, 0.3) is 5.56 Å². The smallest absolute Gasteiger partial charge is 0.306 e. The number of aromatic nitrogens is 2. The third-order valence-electron chi connectivity index (χ3n) is 6.37. The summed E-state index contributed by atoms with van der Waals surface area (Å²) >= 11 is 3.47. The van der Waals surface area contributed by atoms with Crippen LogP contribution in [0.3, 0.4) is 0 Å². The van der Waals surface area contributed by atoms with Crippen molar-refractivity contribution in [3.05, 3.63) is 69.2 Å². The number of rotatable bonds is 13. The molecule has 1 amide bonds. The van der Waals surface area contributed by atoms with E-state index in [9.17, 15) is 14.4 Å². The predicted molar refractivity (Wildman–Crippen MR) is 150 cm³/mol. The van der Waals surface area contributed by atoms with E-state index >= 15 is 0 Å². The standard InChI is InChI=1S/C29H36BrN3O4/c1-4-7-8-11-20-32(26(34)18-19-27(35)37-6-3)25(5-2)28-31-24-13-10-9-12-23(24)29(36)33(28)22-16-14-21(30)15-17-22/h9-10,12-17,25H,4-8,11,18-20H2,1-3H3. The molecule has 1 unspecified atom stereocenters. The summed E-state index contributed by atoms with van der Waals surface area (Å²) in [6.45, 7) is 6.71. The first-order valence-corrected chi connectivity index (χ1v) is 13.9. The molecule has 0 N–H and O–H groups in total. The zero-order valence-corrected chi connectivity index (χ0v) is 23.5. The molecule has 2 aromatic carbocycles. The Morgan fingerprint density at radius 2 is 1.73 bits per heavy atom. The van der Waals surface area contributed by atoms with Crippen LogP contribution in [-0.2, 0) is 14.3 Å². The zero-order valence-electron chi connectivity index (χ0n) is 21.9. The number of benzene rings is 2. The quantitative estimate of drug-likeness (QED) is 0.177. The number of unbranched alkanes of at least 4 members (excludes halogenated alkanes) is 3. The Bertz CT molecular complexity index is 1260. The van der Waals surface area contributed by atoms with Gasteiger partial charge in [0.05, 0.1) is 35.7 Å². The van der Waals surface area contributed by atoms with Crippen LogP contribution in [0.1, 0.15) is 77.6 Å². The molecule has 0 bridgehead atoms. The van der Waals surface area contributed by atoms with Crippen LogP contribution < -0.4 is 5.56 Å². The van der Waals surface area contributed by atoms with Gasteiger partial charge in [-0.25, -0.2) is 4.98 Å². The fourth-order valence-electron chi connectivity index (χ4n) is 4.50. The maximum absolute atomic E-state index is 13.8. The van der Waals surface area contributed by atoms with Crippen LogP contribution in [0.4, 0.5) is 0 Å². The second-order valence-electron chi connectivity index (χ2n) is 8.98. The molecule has 0 aliphatic heterocycles. The highest BCUT2D eigenvalue weighted by Crippen LogP contribution is 2.28. The number of esters is 1. The molecule has 37 heavy (non-hydrogen) atoms. The Morgan fingerprint density at radius 1 is 1.00 bits per heavy atom. The number of fused-ring (bicyclic) bond motifs is 1. The Hall–Kier alpha value is -3.00. The van der Waals surface area contributed by atoms with Gasteiger partial charge in [-0.15, -0.1) is 0 Å². The van der Waals surface area contributed by atoms with Gasteiger partial charge in [0.2, 0.25) is 5.91 Å². The van der Waals surface area contributed by atoms with Gasteiger partial charge in [-0.2, -0.15) is 0 Å². The Balaban J connectivity index is 2.10. The van der Waals surface area contributed by atoms with E-state index in [1.807, 2.05) is 49.4 Å². The largest absolute Gasteiger partial charge is 0.466 e. The zero-order chi connectivity index (χ0) is 26.8. The van der Waals surface area contributed by atoms with Gasteiger partial charge in [0.15, 0.2) is 0 Å². The minimum Gasteiger partial charge on any atom is -0.466 e. The lowest BCUT2D eigenvalue weighted by Crippen LogP contribution is -2.39. The highest BCUT2D eigenvalue weighted by molar-refractivity contribution is 9.10. The number of nitrogens with zero attached hydrogens (tertiary/aromatic N) is 3. The highest BCUT2D eigenvalue weighted by atomic mass is 79.9. The first-order valence-electron chi connectivity index (χ1n) is 13.1. The van der Waals surface area contributed by atoms with E-state index in [4.69, 9.17) is 9.72 Å². The van der Waals surface area contributed by atoms with Gasteiger partial charge in [-0.1, -0.05) is 61.2 Å². The number of hydrogen-bond donors (Lipinski definition) is 0. The van der Waals surface area contributed by atoms with Crippen LogP contribution in [0.2, 0.25) is 0 Å². The van der Waals surface area contributed by atoms with Crippen molar-refractivity contribution in [3.63, 3.8) is 0 Å². The Labute approximate surface area is 227 Å². The molecule has 0 fully saturated rings. The van der Waals surface area contributed by atoms with E-state index in [0.29, 0.717) is 35.4 Å². The lowest BCUT2D eigenvalue weighted by molar-refractivity contribution is -0.146. The van der Waals surface area contributed by atoms with Gasteiger partial charge in [0, 0.05) is 17.4 Å². The minimum absolute atomic E-state index is 0.0270. The molecule has 0 aliphatic rings. The average Bonchev–Trinajstić information content (AvgIpc) is 2.90. The fraction of sp³-hybridized carbons (Fsp3) is 0.448. The topological polar surface area (TPSA) is 81.5 Å². The molecule has 0 saturated carbocycles. The first-order chi connectivity index (χ1) is 17.9. The normalized spacial score (nSPS) is 11.9. The van der Waals surface area contributed by atoms with Crippen LogP contribution in [0.5, 0.6) is 0 Å². The number of hydrogen-bond acceptors (Lipinski definition) is 5. The predicted octanol–water partition coefficient (Wildman–Crippen LogP) is 6.35. The number of carbonyl (C=O) groups is 2. The molecule has 3 rings (SSSR count). The van der Waals surface area contributed by atoms with Crippen molar-refractivity contribution in [1.29, 1.82) is 0 Å². The second-order valence-corrected chi connectivity index (χ2v) is 9.90. The molecular formula is C29H36BrN3O4. The molecule has 8 heteroatoms. The van der Waals surface area contributed by atoms with E-state index < -0.39 is 6.04 Å². The monoisotopic (exact) mass is 569 g/mol. The molecule has 1 aromatic heterocycles. The third kappa shape index (κ3) is 7.28. The summed E-state index contributed by atoms with van der Waals surface area (Å²) in [7, 11) is 0. The summed E-state index contributed by atoms with van der Waals surface area (Å²) in [6, 6.07) is 14.4. The van der Waals surface area contributed by atoms with Crippen molar-refractivity contribution < 1.29 is 14.3 Å². The third-order valence-corrected chi connectivity index (χ3v) is 6.90. The van der Waals surface area contributed by atoms with E-state index in [0.717, 1.165) is 30.2 Å². The SMILES string of the molecule is CCCCCCN(C(=O)CCC(=O)OCC)C(CC)c1nc2ccccc2c(=O)n1-c1ccc(Br)cc1. The summed E-state index contributed by atoms with van der Waals surface area (Å²) in [5.74, 6) is 0.0000893. The maximum atomic E-state index is 13.8. The molecular weight excluding hydrogens is 534 g/mol. The van der Waals surface area contributed by atoms with E-state index in [-0.39, 0.29) is 36.9 Å². The molecule has 1 atom stereocenters. The summed E-state index contributed by atoms with van der Waals surface area (Å²) in [6.07, 6.45) is 4.66. The summed E-state index contributed by atoms with van der Waals surface area (Å²) < 4.78 is 7.56. The van der Waals surface area contributed by atoms with Crippen LogP contribution in [0.15, 0.2) is 57.8 Å². The number of para-hydroxylation sites is 1. The van der Waals surface area contributed by atoms with Crippen LogP contribution >= 0.6 is 15.9 Å². The van der Waals surface area contributed by atoms with Crippen molar-refractivity contribution in [2.45, 2.75) is 71.8 Å². The second kappa shape index (κ2) is 14.1. The maximum Gasteiger partial charge on any atom is 0.306 e. The number of amides is 1. The molecule has 7 nitrogen and oxygen atoms in total. The van der Waals surface area contributed by atoms with Crippen molar-refractivity contribution in [3.8, 4) is 5.69 Å². The van der Waals surface area contributed by atoms with Gasteiger partial charge in [-0.3, -0.25) is 19.0 Å². The van der Waals surface area contributed by atoms with Crippen molar-refractivity contribution >= 4 is 38.7 Å². The highest BCUT2D eigenvalue weighted by Gasteiger charge is 2.29. The average molecular weight is 571 g/mol. The van der Waals surface area contributed by atoms with Gasteiger partial charge >= 0.3 is 5.97 Å². The fourth-order valence-corrected chi connectivity index (χ4v) is 4.77.